The lowest BCUT2D eigenvalue weighted by Gasteiger charge is -2.18. The fourth-order valence-corrected chi connectivity index (χ4v) is 6.33. The van der Waals surface area contributed by atoms with Crippen LogP contribution in [0, 0.1) is 0 Å². The molecule has 5 heteroatoms. The molecule has 0 aromatic carbocycles. The Morgan fingerprint density at radius 2 is 0.776 bits per heavy atom. The van der Waals surface area contributed by atoms with E-state index >= 15 is 0 Å². The van der Waals surface area contributed by atoms with Crippen molar-refractivity contribution in [3.8, 4) is 0 Å². The number of rotatable bonds is 43. The first-order valence-corrected chi connectivity index (χ1v) is 24.1. The average Bonchev–Trinajstić information content (AvgIpc) is 3.22. The third-order valence-corrected chi connectivity index (χ3v) is 9.92. The molecule has 0 aliphatic rings. The number of hydrogen-bond donors (Lipinski definition) is 0. The maximum Gasteiger partial charge on any atom is 0.306 e. The molecule has 5 nitrogen and oxygen atoms in total. The van der Waals surface area contributed by atoms with Gasteiger partial charge in [0.05, 0.1) is 6.61 Å². The van der Waals surface area contributed by atoms with E-state index in [9.17, 15) is 9.59 Å². The number of ether oxygens (including phenoxy) is 3. The van der Waals surface area contributed by atoms with Gasteiger partial charge in [0.25, 0.3) is 0 Å². The van der Waals surface area contributed by atoms with E-state index in [1.165, 1.54) is 70.6 Å². The van der Waals surface area contributed by atoms with Crippen LogP contribution < -0.4 is 0 Å². The van der Waals surface area contributed by atoms with Crippen molar-refractivity contribution < 1.29 is 23.8 Å². The molecule has 332 valence electrons. The Morgan fingerprint density at radius 1 is 0.397 bits per heavy atom. The van der Waals surface area contributed by atoms with Crippen LogP contribution in [0.4, 0.5) is 0 Å². The molecule has 0 fully saturated rings. The van der Waals surface area contributed by atoms with Crippen LogP contribution in [-0.2, 0) is 23.8 Å². The van der Waals surface area contributed by atoms with Crippen LogP contribution in [0.3, 0.4) is 0 Å². The molecular formula is C53H90O5. The van der Waals surface area contributed by atoms with Gasteiger partial charge >= 0.3 is 11.9 Å². The number of carbonyl (C=O) groups excluding carboxylic acids is 2. The second-order valence-electron chi connectivity index (χ2n) is 15.6. The van der Waals surface area contributed by atoms with Crippen LogP contribution in [0.2, 0.25) is 0 Å². The minimum absolute atomic E-state index is 0.0649. The van der Waals surface area contributed by atoms with Gasteiger partial charge in [-0.3, -0.25) is 9.59 Å². The SMILES string of the molecule is CC/C=C\C/C=C\C/C=C\C/C=C\CCCCCCC(=O)OC(COCCCCCCCC)COC(=O)CCCCCCCC/C=C\C/C=C\C/C=C\CCCCC. The largest absolute Gasteiger partial charge is 0.462 e. The van der Waals surface area contributed by atoms with Gasteiger partial charge in [-0.1, -0.05) is 189 Å². The fraction of sp³-hybridized carbons (Fsp3) is 0.698. The summed E-state index contributed by atoms with van der Waals surface area (Å²) in [5.74, 6) is -0.445. The van der Waals surface area contributed by atoms with Crippen LogP contribution >= 0.6 is 0 Å². The Bertz CT molecular complexity index is 1090. The summed E-state index contributed by atoms with van der Waals surface area (Å²) < 4.78 is 17.2. The third kappa shape index (κ3) is 45.8. The molecule has 1 atom stereocenters. The van der Waals surface area contributed by atoms with Crippen LogP contribution in [0.1, 0.15) is 213 Å². The van der Waals surface area contributed by atoms with Crippen molar-refractivity contribution in [3.63, 3.8) is 0 Å². The Kier molecular flexibility index (Phi) is 46.0. The highest BCUT2D eigenvalue weighted by molar-refractivity contribution is 5.70. The average molecular weight is 807 g/mol. The predicted octanol–water partition coefficient (Wildman–Crippen LogP) is 16.1. The van der Waals surface area contributed by atoms with Crippen molar-refractivity contribution in [2.75, 3.05) is 19.8 Å². The summed E-state index contributed by atoms with van der Waals surface area (Å²) in [7, 11) is 0. The monoisotopic (exact) mass is 807 g/mol. The molecule has 0 aliphatic heterocycles. The Balaban J connectivity index is 4.18. The van der Waals surface area contributed by atoms with Gasteiger partial charge in [0, 0.05) is 19.4 Å². The van der Waals surface area contributed by atoms with Gasteiger partial charge in [-0.15, -0.1) is 0 Å². The molecule has 0 saturated heterocycles. The zero-order valence-electron chi connectivity index (χ0n) is 38.0. The van der Waals surface area contributed by atoms with Gasteiger partial charge in [-0.2, -0.15) is 0 Å². The molecule has 1 unspecified atom stereocenters. The van der Waals surface area contributed by atoms with Gasteiger partial charge in [0.2, 0.25) is 0 Å². The summed E-state index contributed by atoms with van der Waals surface area (Å²) in [6.07, 6.45) is 63.1. The summed E-state index contributed by atoms with van der Waals surface area (Å²) in [6.45, 7) is 7.60. The molecule has 0 rings (SSSR count). The van der Waals surface area contributed by atoms with Gasteiger partial charge in [-0.25, -0.2) is 0 Å². The molecular weight excluding hydrogens is 717 g/mol. The number of allylic oxidation sites excluding steroid dienone is 14. The Morgan fingerprint density at radius 3 is 1.28 bits per heavy atom. The first kappa shape index (κ1) is 55.1. The molecule has 0 bridgehead atoms. The predicted molar refractivity (Wildman–Crippen MR) is 251 cm³/mol. The van der Waals surface area contributed by atoms with E-state index in [2.05, 4.69) is 106 Å². The Labute approximate surface area is 359 Å². The first-order valence-electron chi connectivity index (χ1n) is 24.1. The van der Waals surface area contributed by atoms with Crippen LogP contribution in [0.25, 0.3) is 0 Å². The number of carbonyl (C=O) groups is 2. The summed E-state index contributed by atoms with van der Waals surface area (Å²) in [4.78, 5) is 25.2. The highest BCUT2D eigenvalue weighted by atomic mass is 16.6. The maximum absolute atomic E-state index is 12.7. The van der Waals surface area contributed by atoms with E-state index in [0.717, 1.165) is 109 Å². The zero-order chi connectivity index (χ0) is 42.1. The lowest BCUT2D eigenvalue weighted by atomic mass is 10.1. The van der Waals surface area contributed by atoms with Gasteiger partial charge in [0.1, 0.15) is 6.61 Å². The van der Waals surface area contributed by atoms with Gasteiger partial charge in [-0.05, 0) is 96.3 Å². The normalized spacial score (nSPS) is 12.9. The lowest BCUT2D eigenvalue weighted by molar-refractivity contribution is -0.163. The number of unbranched alkanes of at least 4 members (excludes halogenated alkanes) is 18. The second-order valence-corrected chi connectivity index (χ2v) is 15.6. The summed E-state index contributed by atoms with van der Waals surface area (Å²) in [5.41, 5.74) is 0. The smallest absolute Gasteiger partial charge is 0.306 e. The van der Waals surface area contributed by atoms with Gasteiger partial charge < -0.3 is 14.2 Å². The van der Waals surface area contributed by atoms with E-state index in [1.54, 1.807) is 0 Å². The van der Waals surface area contributed by atoms with Crippen molar-refractivity contribution in [1.29, 1.82) is 0 Å². The topological polar surface area (TPSA) is 61.8 Å². The van der Waals surface area contributed by atoms with E-state index < -0.39 is 6.10 Å². The summed E-state index contributed by atoms with van der Waals surface area (Å²) in [6, 6.07) is 0. The van der Waals surface area contributed by atoms with E-state index in [-0.39, 0.29) is 25.2 Å². The van der Waals surface area contributed by atoms with Gasteiger partial charge in [0.15, 0.2) is 6.10 Å². The standard InChI is InChI=1S/C53H90O5/c1-4-7-10-13-16-18-20-22-24-26-27-29-30-32-34-36-38-40-43-46-52(54)57-50-51(49-56-48-45-42-15-12-9-6-3)58-53(55)47-44-41-39-37-35-33-31-28-25-23-21-19-17-14-11-8-5-2/h8,11,16-19,22-25,27,29,31,33,51H,4-7,9-10,12-15,20-21,26,28,30,32,34-50H2,1-3H3/b11-8-,18-16-,19-17-,24-22-,25-23-,29-27-,33-31-. The molecule has 0 aromatic heterocycles. The van der Waals surface area contributed by atoms with Crippen molar-refractivity contribution in [2.24, 2.45) is 0 Å². The van der Waals surface area contributed by atoms with E-state index in [1.807, 2.05) is 0 Å². The third-order valence-electron chi connectivity index (χ3n) is 9.92. The van der Waals surface area contributed by atoms with Crippen molar-refractivity contribution in [3.05, 3.63) is 85.1 Å². The summed E-state index contributed by atoms with van der Waals surface area (Å²) >= 11 is 0. The van der Waals surface area contributed by atoms with Crippen molar-refractivity contribution >= 4 is 11.9 Å². The second kappa shape index (κ2) is 48.4. The number of esters is 2. The minimum atomic E-state index is -0.554. The van der Waals surface area contributed by atoms with Crippen molar-refractivity contribution in [1.82, 2.24) is 0 Å². The quantitative estimate of drug-likeness (QED) is 0.0349. The molecule has 0 spiro atoms. The highest BCUT2D eigenvalue weighted by Crippen LogP contribution is 2.12. The molecule has 0 aliphatic carbocycles. The molecule has 0 radical (unpaired) electrons. The number of hydrogen-bond acceptors (Lipinski definition) is 5. The van der Waals surface area contributed by atoms with Crippen molar-refractivity contribution in [2.45, 2.75) is 219 Å². The van der Waals surface area contributed by atoms with E-state index in [4.69, 9.17) is 14.2 Å². The van der Waals surface area contributed by atoms with Crippen LogP contribution in [0.15, 0.2) is 85.1 Å². The molecule has 58 heavy (non-hydrogen) atoms. The molecule has 0 aromatic rings. The zero-order valence-corrected chi connectivity index (χ0v) is 38.0. The first-order chi connectivity index (χ1) is 28.6. The summed E-state index contributed by atoms with van der Waals surface area (Å²) in [5, 5.41) is 0. The molecule has 0 N–H and O–H groups in total. The lowest BCUT2D eigenvalue weighted by Crippen LogP contribution is -2.30. The highest BCUT2D eigenvalue weighted by Gasteiger charge is 2.17. The van der Waals surface area contributed by atoms with E-state index in [0.29, 0.717) is 19.4 Å². The fourth-order valence-electron chi connectivity index (χ4n) is 6.33. The molecule has 0 saturated carbocycles. The molecule has 0 heterocycles. The molecule has 0 amide bonds. The van der Waals surface area contributed by atoms with Crippen LogP contribution in [-0.4, -0.2) is 37.9 Å². The maximum atomic E-state index is 12.7. The van der Waals surface area contributed by atoms with Crippen LogP contribution in [0.5, 0.6) is 0 Å². The Hall–Kier alpha value is -2.92. The minimum Gasteiger partial charge on any atom is -0.462 e.